The zero-order chi connectivity index (χ0) is 12.9. The number of rotatable bonds is 6. The molecule has 17 heavy (non-hydrogen) atoms. The van der Waals surface area contributed by atoms with Crippen LogP contribution in [0.3, 0.4) is 0 Å². The van der Waals surface area contributed by atoms with E-state index in [1.807, 2.05) is 0 Å². The molecule has 0 fully saturated rings. The van der Waals surface area contributed by atoms with Crippen molar-refractivity contribution in [1.29, 1.82) is 0 Å². The molecular formula is C11H14O5S. The molecule has 0 spiro atoms. The van der Waals surface area contributed by atoms with E-state index in [2.05, 4.69) is 4.74 Å². The largest absolute Gasteiger partial charge is 0.486 e. The van der Waals surface area contributed by atoms with Gasteiger partial charge in [0.15, 0.2) is 15.6 Å². The normalized spacial score (nSPS) is 11.2. The SMILES string of the molecule is COCC(=O)COc1cccc(S(C)(=O)=O)c1. The van der Waals surface area contributed by atoms with E-state index < -0.39 is 9.84 Å². The van der Waals surface area contributed by atoms with Gasteiger partial charge in [0.05, 0.1) is 4.90 Å². The van der Waals surface area contributed by atoms with Crippen molar-refractivity contribution in [1.82, 2.24) is 0 Å². The second kappa shape index (κ2) is 5.79. The first-order chi connectivity index (χ1) is 7.93. The van der Waals surface area contributed by atoms with E-state index >= 15 is 0 Å². The molecule has 0 aliphatic rings. The second-order valence-corrected chi connectivity index (χ2v) is 5.52. The van der Waals surface area contributed by atoms with Crippen LogP contribution in [0.5, 0.6) is 5.75 Å². The molecular weight excluding hydrogens is 244 g/mol. The molecule has 0 aliphatic heterocycles. The predicted octanol–water partition coefficient (Wildman–Crippen LogP) is 0.684. The Bertz CT molecular complexity index is 492. The number of sulfone groups is 1. The zero-order valence-electron chi connectivity index (χ0n) is 9.67. The highest BCUT2D eigenvalue weighted by Crippen LogP contribution is 2.17. The Balaban J connectivity index is 2.70. The number of ketones is 1. The number of ether oxygens (including phenoxy) is 2. The van der Waals surface area contributed by atoms with Crippen LogP contribution in [0.2, 0.25) is 0 Å². The molecule has 6 heteroatoms. The molecule has 0 saturated heterocycles. The van der Waals surface area contributed by atoms with Gasteiger partial charge in [-0.2, -0.15) is 0 Å². The van der Waals surface area contributed by atoms with Crippen LogP contribution >= 0.6 is 0 Å². The van der Waals surface area contributed by atoms with Crippen molar-refractivity contribution < 1.29 is 22.7 Å². The standard InChI is InChI=1S/C11H14O5S/c1-15-7-9(12)8-16-10-4-3-5-11(6-10)17(2,13)14/h3-6H,7-8H2,1-2H3. The lowest BCUT2D eigenvalue weighted by molar-refractivity contribution is -0.124. The third-order valence-electron chi connectivity index (χ3n) is 1.94. The van der Waals surface area contributed by atoms with Gasteiger partial charge in [0.25, 0.3) is 0 Å². The van der Waals surface area contributed by atoms with Crippen LogP contribution in [0.25, 0.3) is 0 Å². The second-order valence-electron chi connectivity index (χ2n) is 3.51. The summed E-state index contributed by atoms with van der Waals surface area (Å²) in [5, 5.41) is 0. The van der Waals surface area contributed by atoms with Gasteiger partial charge in [0, 0.05) is 13.4 Å². The Morgan fingerprint density at radius 3 is 2.59 bits per heavy atom. The van der Waals surface area contributed by atoms with Gasteiger partial charge in [-0.3, -0.25) is 4.79 Å². The van der Waals surface area contributed by atoms with Gasteiger partial charge in [-0.1, -0.05) is 6.07 Å². The van der Waals surface area contributed by atoms with Gasteiger partial charge in [-0.15, -0.1) is 0 Å². The Kier molecular flexibility index (Phi) is 4.65. The quantitative estimate of drug-likeness (QED) is 0.750. The molecule has 0 amide bonds. The summed E-state index contributed by atoms with van der Waals surface area (Å²) in [5.74, 6) is 0.134. The summed E-state index contributed by atoms with van der Waals surface area (Å²) in [5.41, 5.74) is 0. The minimum absolute atomic E-state index is 0.0221. The highest BCUT2D eigenvalue weighted by Gasteiger charge is 2.08. The molecule has 0 heterocycles. The first kappa shape index (κ1) is 13.7. The Morgan fingerprint density at radius 2 is 2.00 bits per heavy atom. The molecule has 1 aromatic carbocycles. The Morgan fingerprint density at radius 1 is 1.29 bits per heavy atom. The van der Waals surface area contributed by atoms with Crippen molar-refractivity contribution in [3.05, 3.63) is 24.3 Å². The van der Waals surface area contributed by atoms with Crippen molar-refractivity contribution in [2.45, 2.75) is 4.90 Å². The lowest BCUT2D eigenvalue weighted by Gasteiger charge is -2.06. The topological polar surface area (TPSA) is 69.7 Å². The highest BCUT2D eigenvalue weighted by atomic mass is 32.2. The molecule has 0 bridgehead atoms. The molecule has 0 N–H and O–H groups in total. The molecule has 0 aliphatic carbocycles. The summed E-state index contributed by atoms with van der Waals surface area (Å²) in [6.45, 7) is -0.160. The fourth-order valence-electron chi connectivity index (χ4n) is 1.16. The van der Waals surface area contributed by atoms with Crippen LogP contribution in [0.4, 0.5) is 0 Å². The highest BCUT2D eigenvalue weighted by molar-refractivity contribution is 7.90. The fourth-order valence-corrected chi connectivity index (χ4v) is 1.82. The summed E-state index contributed by atoms with van der Waals surface area (Å²) in [7, 11) is -1.84. The first-order valence-corrected chi connectivity index (χ1v) is 6.76. The lowest BCUT2D eigenvalue weighted by Crippen LogP contribution is -2.16. The molecule has 0 atom stereocenters. The number of benzene rings is 1. The molecule has 0 saturated carbocycles. The maximum Gasteiger partial charge on any atom is 0.195 e. The third-order valence-corrected chi connectivity index (χ3v) is 3.05. The maximum absolute atomic E-state index is 11.3. The van der Waals surface area contributed by atoms with Crippen LogP contribution in [0, 0.1) is 0 Å². The molecule has 94 valence electrons. The molecule has 0 radical (unpaired) electrons. The van der Waals surface area contributed by atoms with Gasteiger partial charge < -0.3 is 9.47 Å². The van der Waals surface area contributed by atoms with Crippen molar-refractivity contribution in [2.24, 2.45) is 0 Å². The average Bonchev–Trinajstić information content (AvgIpc) is 2.26. The van der Waals surface area contributed by atoms with Crippen molar-refractivity contribution in [3.63, 3.8) is 0 Å². The number of carbonyl (C=O) groups excluding carboxylic acids is 1. The number of hydrogen-bond acceptors (Lipinski definition) is 5. The predicted molar refractivity (Wildman–Crippen MR) is 61.9 cm³/mol. The number of hydrogen-bond donors (Lipinski definition) is 0. The molecule has 0 unspecified atom stereocenters. The van der Waals surface area contributed by atoms with Crippen molar-refractivity contribution in [3.8, 4) is 5.75 Å². The average molecular weight is 258 g/mol. The smallest absolute Gasteiger partial charge is 0.195 e. The van der Waals surface area contributed by atoms with E-state index in [1.54, 1.807) is 12.1 Å². The minimum Gasteiger partial charge on any atom is -0.486 e. The number of Topliss-reactive ketones (excluding diaryl/α,β-unsaturated/α-hetero) is 1. The van der Waals surface area contributed by atoms with Crippen molar-refractivity contribution >= 4 is 15.6 Å². The van der Waals surface area contributed by atoms with Crippen LogP contribution in [0.15, 0.2) is 29.2 Å². The van der Waals surface area contributed by atoms with Crippen LogP contribution < -0.4 is 4.74 Å². The number of carbonyl (C=O) groups is 1. The monoisotopic (exact) mass is 258 g/mol. The molecule has 1 aromatic rings. The molecule has 0 aromatic heterocycles. The lowest BCUT2D eigenvalue weighted by atomic mass is 10.3. The summed E-state index contributed by atoms with van der Waals surface area (Å²) >= 11 is 0. The minimum atomic E-state index is -3.26. The summed E-state index contributed by atoms with van der Waals surface area (Å²) in [4.78, 5) is 11.3. The van der Waals surface area contributed by atoms with E-state index in [4.69, 9.17) is 4.74 Å². The van der Waals surface area contributed by atoms with Crippen molar-refractivity contribution in [2.75, 3.05) is 26.6 Å². The summed E-state index contributed by atoms with van der Waals surface area (Å²) in [6.07, 6.45) is 1.11. The fraction of sp³-hybridized carbons (Fsp3) is 0.364. The van der Waals surface area contributed by atoms with Gasteiger partial charge >= 0.3 is 0 Å². The van der Waals surface area contributed by atoms with E-state index in [0.29, 0.717) is 5.75 Å². The first-order valence-electron chi connectivity index (χ1n) is 4.87. The Labute approximate surface area is 100 Å². The van der Waals surface area contributed by atoms with Gasteiger partial charge in [-0.25, -0.2) is 8.42 Å². The van der Waals surface area contributed by atoms with Crippen LogP contribution in [-0.4, -0.2) is 40.8 Å². The van der Waals surface area contributed by atoms with E-state index in [-0.39, 0.29) is 23.9 Å². The van der Waals surface area contributed by atoms with E-state index in [0.717, 1.165) is 6.26 Å². The zero-order valence-corrected chi connectivity index (χ0v) is 10.5. The van der Waals surface area contributed by atoms with Crippen LogP contribution in [0.1, 0.15) is 0 Å². The number of methoxy groups -OCH3 is 1. The van der Waals surface area contributed by atoms with E-state index in [9.17, 15) is 13.2 Å². The van der Waals surface area contributed by atoms with Crippen LogP contribution in [-0.2, 0) is 19.4 Å². The van der Waals surface area contributed by atoms with Gasteiger partial charge in [-0.05, 0) is 18.2 Å². The maximum atomic E-state index is 11.3. The van der Waals surface area contributed by atoms with Gasteiger partial charge in [0.2, 0.25) is 0 Å². The van der Waals surface area contributed by atoms with E-state index in [1.165, 1.54) is 19.2 Å². The van der Waals surface area contributed by atoms with Gasteiger partial charge in [0.1, 0.15) is 19.0 Å². The Hall–Kier alpha value is -1.40. The third kappa shape index (κ3) is 4.54. The molecule has 5 nitrogen and oxygen atoms in total. The summed E-state index contributed by atoms with van der Waals surface area (Å²) < 4.78 is 32.4. The summed E-state index contributed by atoms with van der Waals surface area (Å²) in [6, 6.07) is 6.01. The molecule has 1 rings (SSSR count).